The van der Waals surface area contributed by atoms with E-state index in [2.05, 4.69) is 12.2 Å². The molecule has 0 radical (unpaired) electrons. The van der Waals surface area contributed by atoms with Crippen molar-refractivity contribution in [3.8, 4) is 0 Å². The van der Waals surface area contributed by atoms with Gasteiger partial charge in [0.1, 0.15) is 9.84 Å². The molecule has 1 aliphatic carbocycles. The Morgan fingerprint density at radius 2 is 1.76 bits per heavy atom. The van der Waals surface area contributed by atoms with Gasteiger partial charge in [-0.25, -0.2) is 8.42 Å². The third-order valence-electron chi connectivity index (χ3n) is 4.73. The minimum atomic E-state index is -2.71. The van der Waals surface area contributed by atoms with Crippen molar-refractivity contribution in [3.63, 3.8) is 0 Å². The van der Waals surface area contributed by atoms with Crippen molar-refractivity contribution in [3.05, 3.63) is 0 Å². The van der Waals surface area contributed by atoms with Crippen LogP contribution >= 0.6 is 0 Å². The Bertz CT molecular complexity index is 330. The number of rotatable bonds is 4. The molecule has 0 unspecified atom stereocenters. The predicted octanol–water partition coefficient (Wildman–Crippen LogP) is 2.12. The smallest absolute Gasteiger partial charge is 0.150 e. The molecule has 1 saturated carbocycles. The summed E-state index contributed by atoms with van der Waals surface area (Å²) in [6.07, 6.45) is 8.31. The van der Waals surface area contributed by atoms with Gasteiger partial charge in [-0.2, -0.15) is 0 Å². The molecule has 0 aromatic heterocycles. The second-order valence-electron chi connectivity index (χ2n) is 5.87. The molecule has 1 aliphatic heterocycles. The molecule has 4 heteroatoms. The Morgan fingerprint density at radius 1 is 1.18 bits per heavy atom. The van der Waals surface area contributed by atoms with Crippen LogP contribution in [-0.2, 0) is 9.84 Å². The van der Waals surface area contributed by atoms with Crippen molar-refractivity contribution in [2.45, 2.75) is 57.9 Å². The standard InChI is InChI=1S/C13H25NO2S/c1-2-13(7-3-4-8-13)11-14-12-5-9-17(15,16)10-6-12/h12,14H,2-11H2,1H3. The summed E-state index contributed by atoms with van der Waals surface area (Å²) in [5.41, 5.74) is 0.510. The average molecular weight is 259 g/mol. The van der Waals surface area contributed by atoms with Crippen LogP contribution in [0.5, 0.6) is 0 Å². The summed E-state index contributed by atoms with van der Waals surface area (Å²) < 4.78 is 22.7. The largest absolute Gasteiger partial charge is 0.313 e. The maximum Gasteiger partial charge on any atom is 0.150 e. The highest BCUT2D eigenvalue weighted by molar-refractivity contribution is 7.91. The molecule has 0 bridgehead atoms. The van der Waals surface area contributed by atoms with Crippen molar-refractivity contribution in [1.82, 2.24) is 5.32 Å². The molecule has 2 aliphatic rings. The zero-order valence-corrected chi connectivity index (χ0v) is 11.7. The Kier molecular flexibility index (Phi) is 4.14. The van der Waals surface area contributed by atoms with Gasteiger partial charge in [-0.3, -0.25) is 0 Å². The number of hydrogen-bond acceptors (Lipinski definition) is 3. The number of sulfone groups is 1. The highest BCUT2D eigenvalue weighted by atomic mass is 32.2. The van der Waals surface area contributed by atoms with E-state index in [9.17, 15) is 8.42 Å². The van der Waals surface area contributed by atoms with E-state index in [1.807, 2.05) is 0 Å². The van der Waals surface area contributed by atoms with Crippen LogP contribution in [0, 0.1) is 5.41 Å². The lowest BCUT2D eigenvalue weighted by Crippen LogP contribution is -2.42. The van der Waals surface area contributed by atoms with Crippen LogP contribution in [0.1, 0.15) is 51.9 Å². The minimum absolute atomic E-state index is 0.379. The third-order valence-corrected chi connectivity index (χ3v) is 6.45. The molecule has 17 heavy (non-hydrogen) atoms. The van der Waals surface area contributed by atoms with Gasteiger partial charge in [0, 0.05) is 12.6 Å². The van der Waals surface area contributed by atoms with Crippen LogP contribution in [0.15, 0.2) is 0 Å². The summed E-state index contributed by atoms with van der Waals surface area (Å²) in [5.74, 6) is 0.758. The number of hydrogen-bond donors (Lipinski definition) is 1. The molecule has 0 aromatic rings. The quantitative estimate of drug-likeness (QED) is 0.841. The molecule has 2 rings (SSSR count). The molecule has 3 nitrogen and oxygen atoms in total. The summed E-state index contributed by atoms with van der Waals surface area (Å²) in [5, 5.41) is 3.63. The second-order valence-corrected chi connectivity index (χ2v) is 8.17. The normalized spacial score (nSPS) is 28.3. The van der Waals surface area contributed by atoms with Crippen LogP contribution in [0.3, 0.4) is 0 Å². The SMILES string of the molecule is CCC1(CNC2CCS(=O)(=O)CC2)CCCC1. The van der Waals surface area contributed by atoms with Gasteiger partial charge in [0.15, 0.2) is 0 Å². The van der Waals surface area contributed by atoms with Crippen LogP contribution < -0.4 is 5.32 Å². The fourth-order valence-electron chi connectivity index (χ4n) is 3.24. The van der Waals surface area contributed by atoms with Crippen molar-refractivity contribution in [2.24, 2.45) is 5.41 Å². The molecule has 1 heterocycles. The fraction of sp³-hybridized carbons (Fsp3) is 1.00. The van der Waals surface area contributed by atoms with Crippen molar-refractivity contribution < 1.29 is 8.42 Å². The van der Waals surface area contributed by atoms with E-state index >= 15 is 0 Å². The maximum absolute atomic E-state index is 11.3. The van der Waals surface area contributed by atoms with Gasteiger partial charge in [-0.05, 0) is 37.5 Å². The van der Waals surface area contributed by atoms with E-state index in [4.69, 9.17) is 0 Å². The lowest BCUT2D eigenvalue weighted by atomic mass is 9.83. The van der Waals surface area contributed by atoms with Crippen molar-refractivity contribution >= 4 is 9.84 Å². The Balaban J connectivity index is 1.79. The summed E-state index contributed by atoms with van der Waals surface area (Å²) in [6, 6.07) is 0.433. The molecule has 2 fully saturated rings. The summed E-state index contributed by atoms with van der Waals surface area (Å²) in [4.78, 5) is 0. The van der Waals surface area contributed by atoms with E-state index in [1.54, 1.807) is 0 Å². The minimum Gasteiger partial charge on any atom is -0.313 e. The van der Waals surface area contributed by atoms with Crippen LogP contribution in [-0.4, -0.2) is 32.5 Å². The highest BCUT2D eigenvalue weighted by Gasteiger charge is 2.33. The summed E-state index contributed by atoms with van der Waals surface area (Å²) >= 11 is 0. The predicted molar refractivity (Wildman–Crippen MR) is 70.9 cm³/mol. The lowest BCUT2D eigenvalue weighted by Gasteiger charge is -2.32. The van der Waals surface area contributed by atoms with E-state index < -0.39 is 9.84 Å². The van der Waals surface area contributed by atoms with Crippen LogP contribution in [0.4, 0.5) is 0 Å². The van der Waals surface area contributed by atoms with Gasteiger partial charge in [-0.1, -0.05) is 19.8 Å². The topological polar surface area (TPSA) is 46.2 Å². The van der Waals surface area contributed by atoms with E-state index in [0.717, 1.165) is 19.4 Å². The van der Waals surface area contributed by atoms with Gasteiger partial charge in [-0.15, -0.1) is 0 Å². The summed E-state index contributed by atoms with van der Waals surface area (Å²) in [6.45, 7) is 3.38. The first-order chi connectivity index (χ1) is 8.05. The molecule has 0 spiro atoms. The first-order valence-electron chi connectivity index (χ1n) is 6.99. The van der Waals surface area contributed by atoms with Crippen molar-refractivity contribution in [1.29, 1.82) is 0 Å². The first-order valence-corrected chi connectivity index (χ1v) is 8.81. The fourth-order valence-corrected chi connectivity index (χ4v) is 4.73. The van der Waals surface area contributed by atoms with E-state index in [1.165, 1.54) is 32.1 Å². The third kappa shape index (κ3) is 3.44. The van der Waals surface area contributed by atoms with Gasteiger partial charge in [0.2, 0.25) is 0 Å². The average Bonchev–Trinajstić information content (AvgIpc) is 2.77. The first kappa shape index (κ1) is 13.3. The van der Waals surface area contributed by atoms with Gasteiger partial charge in [0.25, 0.3) is 0 Å². The molecule has 0 atom stereocenters. The maximum atomic E-state index is 11.3. The van der Waals surface area contributed by atoms with E-state index in [-0.39, 0.29) is 0 Å². The Morgan fingerprint density at radius 3 is 2.29 bits per heavy atom. The highest BCUT2D eigenvalue weighted by Crippen LogP contribution is 2.40. The lowest BCUT2D eigenvalue weighted by molar-refractivity contribution is 0.251. The zero-order chi connectivity index (χ0) is 12.4. The van der Waals surface area contributed by atoms with Gasteiger partial charge < -0.3 is 5.32 Å². The van der Waals surface area contributed by atoms with Gasteiger partial charge >= 0.3 is 0 Å². The van der Waals surface area contributed by atoms with Crippen molar-refractivity contribution in [2.75, 3.05) is 18.1 Å². The van der Waals surface area contributed by atoms with Gasteiger partial charge in [0.05, 0.1) is 11.5 Å². The molecule has 1 N–H and O–H groups in total. The molecule has 0 aromatic carbocycles. The monoisotopic (exact) mass is 259 g/mol. The summed E-state index contributed by atoms with van der Waals surface area (Å²) in [7, 11) is -2.71. The number of nitrogens with one attached hydrogen (secondary N) is 1. The Hall–Kier alpha value is -0.0900. The molecule has 1 saturated heterocycles. The second kappa shape index (κ2) is 5.27. The zero-order valence-electron chi connectivity index (χ0n) is 10.9. The van der Waals surface area contributed by atoms with E-state index in [0.29, 0.717) is 23.0 Å². The molecular weight excluding hydrogens is 234 g/mol. The molecular formula is C13H25NO2S. The molecule has 100 valence electrons. The molecule has 0 amide bonds. The van der Waals surface area contributed by atoms with Crippen LogP contribution in [0.25, 0.3) is 0 Å². The Labute approximate surface area is 105 Å². The van der Waals surface area contributed by atoms with Crippen LogP contribution in [0.2, 0.25) is 0 Å².